The van der Waals surface area contributed by atoms with Crippen LogP contribution in [0.2, 0.25) is 0 Å². The molecule has 0 spiro atoms. The Morgan fingerprint density at radius 1 is 0.613 bits per heavy atom. The van der Waals surface area contributed by atoms with Gasteiger partial charge in [-0.3, -0.25) is 9.59 Å². The number of benzene rings is 2. The highest BCUT2D eigenvalue weighted by atomic mass is 16.7. The fourth-order valence-electron chi connectivity index (χ4n) is 11.0. The van der Waals surface area contributed by atoms with Crippen LogP contribution >= 0.6 is 0 Å². The number of phenolic OH excluding ortho intramolecular Hbond substituents is 2. The van der Waals surface area contributed by atoms with Crippen molar-refractivity contribution in [1.29, 1.82) is 0 Å². The Labute approximate surface area is 432 Å². The zero-order valence-corrected chi connectivity index (χ0v) is 43.1. The minimum atomic E-state index is -1.95. The topological polar surface area (TPSA) is 358 Å². The summed E-state index contributed by atoms with van der Waals surface area (Å²) >= 11 is 0. The Kier molecular flexibility index (Phi) is 18.2. The predicted octanol–water partition coefficient (Wildman–Crippen LogP) is -0.639. The molecule has 0 aromatic heterocycles. The van der Waals surface area contributed by atoms with Crippen LogP contribution in [0, 0.1) is 12.8 Å². The van der Waals surface area contributed by atoms with Gasteiger partial charge in [-0.25, -0.2) is 0 Å². The second-order valence-electron chi connectivity index (χ2n) is 21.0. The third-order valence-corrected chi connectivity index (χ3v) is 15.5. The first-order valence-electron chi connectivity index (χ1n) is 25.7. The SMILES string of the molecule is CO[C@H](C(=O)[C@@H](O)[C@@H](C)O)[C@@H]1Cc2cc3cc(O[C@H]4CC(O[C@H]5C[C@@H](O)[C@H](O)C(C)O5)[C@H](O)C(C)O4)c(C)c(O)c3c(O)c2C(=O)[C@H]1O[C@H]1C[C@@H](O[C@H]2C[C@@H](O[C@H]3C[C@@H](O)[C@H](O)C(C)O3)[C@@H](O)C(C)O2)[C@H](O)C(C)O1. The van der Waals surface area contributed by atoms with Gasteiger partial charge in [-0.15, -0.1) is 0 Å². The molecule has 5 fully saturated rings. The van der Waals surface area contributed by atoms with Crippen LogP contribution in [0.15, 0.2) is 12.1 Å². The van der Waals surface area contributed by atoms with Gasteiger partial charge in [-0.1, -0.05) is 0 Å². The van der Waals surface area contributed by atoms with Crippen molar-refractivity contribution in [3.63, 3.8) is 0 Å². The number of Topliss-reactive ketones (excluding diaryl/α,β-unsaturated/α-hetero) is 2. The number of hydrogen-bond donors (Lipinski definition) is 11. The zero-order valence-electron chi connectivity index (χ0n) is 43.1. The molecular weight excluding hydrogens is 997 g/mol. The van der Waals surface area contributed by atoms with Crippen LogP contribution in [0.5, 0.6) is 17.2 Å². The minimum Gasteiger partial charge on any atom is -0.507 e. The molecule has 75 heavy (non-hydrogen) atoms. The molecule has 2 aromatic carbocycles. The maximum absolute atomic E-state index is 15.0. The van der Waals surface area contributed by atoms with Crippen LogP contribution < -0.4 is 4.74 Å². The molecule has 11 N–H and O–H groups in total. The van der Waals surface area contributed by atoms with Crippen molar-refractivity contribution < 1.29 is 118 Å². The van der Waals surface area contributed by atoms with E-state index in [4.69, 9.17) is 52.1 Å². The summed E-state index contributed by atoms with van der Waals surface area (Å²) in [4.78, 5) is 28.9. The number of fused-ring (bicyclic) bond motifs is 2. The van der Waals surface area contributed by atoms with E-state index in [2.05, 4.69) is 0 Å². The van der Waals surface area contributed by atoms with Crippen molar-refractivity contribution in [3.05, 3.63) is 28.8 Å². The molecule has 0 amide bonds. The average molecular weight is 1070 g/mol. The maximum Gasteiger partial charge on any atom is 0.202 e. The molecule has 0 radical (unpaired) electrons. The van der Waals surface area contributed by atoms with Crippen molar-refractivity contribution in [2.24, 2.45) is 5.92 Å². The van der Waals surface area contributed by atoms with Gasteiger partial charge in [0.2, 0.25) is 6.29 Å². The van der Waals surface area contributed by atoms with Gasteiger partial charge in [0.25, 0.3) is 0 Å². The monoisotopic (exact) mass is 1070 g/mol. The lowest BCUT2D eigenvalue weighted by Gasteiger charge is -2.45. The number of carbonyl (C=O) groups is 2. The van der Waals surface area contributed by atoms with Crippen LogP contribution in [0.25, 0.3) is 10.8 Å². The first-order valence-corrected chi connectivity index (χ1v) is 25.7. The Morgan fingerprint density at radius 2 is 1.04 bits per heavy atom. The number of carbonyl (C=O) groups excluding carboxylic acids is 2. The molecule has 1 aliphatic carbocycles. The smallest absolute Gasteiger partial charge is 0.202 e. The fourth-order valence-corrected chi connectivity index (χ4v) is 11.0. The molecule has 422 valence electrons. The van der Waals surface area contributed by atoms with Crippen molar-refractivity contribution in [3.8, 4) is 17.2 Å². The van der Waals surface area contributed by atoms with E-state index in [1.807, 2.05) is 0 Å². The van der Waals surface area contributed by atoms with E-state index in [1.165, 1.54) is 40.0 Å². The summed E-state index contributed by atoms with van der Waals surface area (Å²) in [5, 5.41) is 119. The first-order chi connectivity index (χ1) is 35.4. The molecule has 6 unspecified atom stereocenters. The van der Waals surface area contributed by atoms with Gasteiger partial charge in [0.05, 0.1) is 78.1 Å². The molecule has 5 aliphatic heterocycles. The van der Waals surface area contributed by atoms with E-state index in [0.29, 0.717) is 0 Å². The van der Waals surface area contributed by atoms with Crippen molar-refractivity contribution in [1.82, 2.24) is 0 Å². The number of phenols is 2. The molecule has 8 rings (SSSR count). The van der Waals surface area contributed by atoms with Gasteiger partial charge in [0.1, 0.15) is 66.1 Å². The van der Waals surface area contributed by atoms with Gasteiger partial charge in [-0.2, -0.15) is 0 Å². The van der Waals surface area contributed by atoms with E-state index in [0.717, 1.165) is 0 Å². The number of aliphatic hydroxyl groups is 9. The molecule has 6 aliphatic rings. The van der Waals surface area contributed by atoms with E-state index >= 15 is 4.79 Å². The van der Waals surface area contributed by atoms with Crippen molar-refractivity contribution >= 4 is 22.3 Å². The van der Waals surface area contributed by atoms with Crippen molar-refractivity contribution in [2.45, 2.75) is 234 Å². The van der Waals surface area contributed by atoms with Gasteiger partial charge < -0.3 is 108 Å². The van der Waals surface area contributed by atoms with Crippen LogP contribution in [0.4, 0.5) is 0 Å². The summed E-state index contributed by atoms with van der Waals surface area (Å²) in [5.41, 5.74) is 0.0678. The average Bonchev–Trinajstić information content (AvgIpc) is 3.34. The third kappa shape index (κ3) is 12.0. The largest absolute Gasteiger partial charge is 0.507 e. The standard InChI is InChI=1S/C51H74O24/c1-17-29(71-35-14-30(44(59)21(5)68-35)72-33-12-27(53)42(57)19(3)66-33)11-25-9-24-10-26(50(65-8)49(64)41(56)18(2)52)51(48(63)39(24)47(62)38(25)40(17)55)75-37-16-32(46(61)23(7)70-37)74-36-15-31(45(60)22(6)69-36)73-34-13-28(54)43(58)20(4)67-34/h9,11,18-23,26-28,30-37,41-46,50-62H,10,12-16H2,1-8H3/t18-,19?,20?,21?,22?,23?,26+,27-,28-,30?,31-,32-,33+,34+,35+,36+,37+,41+,42-,43-,44-,45+,46-,50+,51+/m1/s1. The lowest BCUT2D eigenvalue weighted by atomic mass is 9.75. The van der Waals surface area contributed by atoms with E-state index in [9.17, 15) is 61.0 Å². The highest BCUT2D eigenvalue weighted by molar-refractivity contribution is 6.11. The molecule has 24 nitrogen and oxygen atoms in total. The third-order valence-electron chi connectivity index (χ3n) is 15.5. The second kappa shape index (κ2) is 23.6. The van der Waals surface area contributed by atoms with Gasteiger partial charge in [0, 0.05) is 50.7 Å². The van der Waals surface area contributed by atoms with Crippen LogP contribution in [0.3, 0.4) is 0 Å². The number of ketones is 2. The lowest BCUT2D eigenvalue weighted by Crippen LogP contribution is -2.57. The van der Waals surface area contributed by atoms with Gasteiger partial charge in [-0.05, 0) is 78.0 Å². The molecule has 25 atom stereocenters. The normalized spacial score (nSPS) is 41.9. The summed E-state index contributed by atoms with van der Waals surface area (Å²) < 4.78 is 66.3. The van der Waals surface area contributed by atoms with Crippen molar-refractivity contribution in [2.75, 3.05) is 7.11 Å². The lowest BCUT2D eigenvalue weighted by molar-refractivity contribution is -0.329. The first kappa shape index (κ1) is 57.8. The summed E-state index contributed by atoms with van der Waals surface area (Å²) in [6.07, 6.45) is -27.9. The predicted molar refractivity (Wildman–Crippen MR) is 254 cm³/mol. The number of ether oxygens (including phenoxy) is 11. The van der Waals surface area contributed by atoms with Gasteiger partial charge >= 0.3 is 0 Å². The summed E-state index contributed by atoms with van der Waals surface area (Å²) in [6, 6.07) is 3.03. The minimum absolute atomic E-state index is 0.0357. The Balaban J connectivity index is 1.04. The Morgan fingerprint density at radius 3 is 1.49 bits per heavy atom. The van der Waals surface area contributed by atoms with E-state index in [-0.39, 0.29) is 71.7 Å². The Bertz CT molecular complexity index is 2290. The van der Waals surface area contributed by atoms with E-state index < -0.39 is 176 Å². The highest BCUT2D eigenvalue weighted by Crippen LogP contribution is 2.47. The van der Waals surface area contributed by atoms with E-state index in [1.54, 1.807) is 27.7 Å². The summed E-state index contributed by atoms with van der Waals surface area (Å²) in [6.45, 7) is 10.6. The van der Waals surface area contributed by atoms with Crippen LogP contribution in [-0.2, 0) is 58.6 Å². The summed E-state index contributed by atoms with van der Waals surface area (Å²) in [5.74, 6) is -4.06. The fraction of sp³-hybridized carbons (Fsp3) is 0.765. The number of rotatable bonds is 15. The number of hydrogen-bond acceptors (Lipinski definition) is 24. The zero-order chi connectivity index (χ0) is 54.6. The molecule has 0 saturated carbocycles. The molecular formula is C51H74O24. The number of aromatic hydroxyl groups is 2. The summed E-state index contributed by atoms with van der Waals surface area (Å²) in [7, 11) is 1.18. The Hall–Kier alpha value is -3.32. The van der Waals surface area contributed by atoms with Gasteiger partial charge in [0.15, 0.2) is 36.7 Å². The quantitative estimate of drug-likeness (QED) is 0.106. The molecule has 2 aromatic rings. The molecule has 0 bridgehead atoms. The number of methoxy groups -OCH3 is 1. The molecule has 5 saturated heterocycles. The number of aliphatic hydroxyl groups excluding tert-OH is 9. The highest BCUT2D eigenvalue weighted by Gasteiger charge is 2.51. The van der Waals surface area contributed by atoms with Crippen LogP contribution in [0.1, 0.15) is 95.1 Å². The maximum atomic E-state index is 15.0. The second-order valence-corrected chi connectivity index (χ2v) is 21.0. The van der Waals surface area contributed by atoms with Crippen LogP contribution in [-0.4, -0.2) is 222 Å². The molecule has 24 heteroatoms. The molecule has 5 heterocycles.